The van der Waals surface area contributed by atoms with Crippen molar-refractivity contribution in [3.63, 3.8) is 0 Å². The lowest BCUT2D eigenvalue weighted by molar-refractivity contribution is 0.649. The van der Waals surface area contributed by atoms with Crippen LogP contribution in [0.2, 0.25) is 5.02 Å². The molecule has 23 heavy (non-hydrogen) atoms. The minimum absolute atomic E-state index is 0.241. The molecule has 0 fully saturated rings. The van der Waals surface area contributed by atoms with Gasteiger partial charge in [-0.25, -0.2) is 18.9 Å². The van der Waals surface area contributed by atoms with E-state index in [0.717, 1.165) is 16.4 Å². The van der Waals surface area contributed by atoms with Crippen LogP contribution in [0.4, 0.5) is 0 Å². The highest BCUT2D eigenvalue weighted by molar-refractivity contribution is 7.13. The number of pyridine rings is 2. The molecule has 0 aromatic carbocycles. The van der Waals surface area contributed by atoms with Crippen LogP contribution in [-0.2, 0) is 6.54 Å². The molecule has 0 N–H and O–H groups in total. The van der Waals surface area contributed by atoms with E-state index in [1.165, 1.54) is 20.4 Å². The molecule has 4 rings (SSSR count). The van der Waals surface area contributed by atoms with Gasteiger partial charge in [-0.1, -0.05) is 17.7 Å². The van der Waals surface area contributed by atoms with Gasteiger partial charge in [0.25, 0.3) is 0 Å². The summed E-state index contributed by atoms with van der Waals surface area (Å²) >= 11 is 7.56. The first-order chi connectivity index (χ1) is 11.2. The Morgan fingerprint density at radius 1 is 1.22 bits per heavy atom. The van der Waals surface area contributed by atoms with E-state index in [-0.39, 0.29) is 5.69 Å². The van der Waals surface area contributed by atoms with Crippen LogP contribution in [0.15, 0.2) is 52.9 Å². The third-order valence-corrected chi connectivity index (χ3v) is 4.52. The molecule has 4 heterocycles. The Kier molecular flexibility index (Phi) is 3.44. The van der Waals surface area contributed by atoms with Gasteiger partial charge in [0.2, 0.25) is 0 Å². The van der Waals surface area contributed by atoms with E-state index in [0.29, 0.717) is 17.2 Å². The molecule has 0 aliphatic heterocycles. The minimum Gasteiger partial charge on any atom is -0.254 e. The van der Waals surface area contributed by atoms with E-state index in [1.807, 2.05) is 23.6 Å². The molecule has 0 unspecified atom stereocenters. The maximum Gasteiger partial charge on any atom is 0.350 e. The monoisotopic (exact) mass is 343 g/mol. The second-order valence-corrected chi connectivity index (χ2v) is 6.11. The Morgan fingerprint density at radius 3 is 2.91 bits per heavy atom. The van der Waals surface area contributed by atoms with Crippen LogP contribution in [0.1, 0.15) is 5.69 Å². The van der Waals surface area contributed by atoms with Crippen LogP contribution < -0.4 is 5.69 Å². The third kappa shape index (κ3) is 2.54. The Balaban J connectivity index is 1.69. The predicted octanol–water partition coefficient (Wildman–Crippen LogP) is 2.72. The average Bonchev–Trinajstić information content (AvgIpc) is 3.16. The van der Waals surface area contributed by atoms with E-state index >= 15 is 0 Å². The van der Waals surface area contributed by atoms with Gasteiger partial charge in [-0.05, 0) is 24.3 Å². The van der Waals surface area contributed by atoms with Crippen LogP contribution >= 0.6 is 22.9 Å². The van der Waals surface area contributed by atoms with Gasteiger partial charge in [-0.2, -0.15) is 0 Å². The van der Waals surface area contributed by atoms with Crippen molar-refractivity contribution in [3.8, 4) is 10.7 Å². The summed E-state index contributed by atoms with van der Waals surface area (Å²) in [4.78, 5) is 21.1. The van der Waals surface area contributed by atoms with E-state index in [9.17, 15) is 4.79 Å². The molecule has 0 amide bonds. The molecule has 0 aliphatic rings. The highest BCUT2D eigenvalue weighted by Crippen LogP contribution is 2.21. The standard InChI is InChI=1S/C15H10ClN5OS/c16-11-4-3-7-20-13(11)19-21(15(20)22)8-10-9-23-14(18-10)12-5-1-2-6-17-12/h1-7,9H,8H2. The molecule has 114 valence electrons. The summed E-state index contributed by atoms with van der Waals surface area (Å²) in [6.07, 6.45) is 3.37. The number of thiazole rings is 1. The van der Waals surface area contributed by atoms with Crippen LogP contribution in [0.25, 0.3) is 16.3 Å². The van der Waals surface area contributed by atoms with Crippen molar-refractivity contribution in [1.29, 1.82) is 0 Å². The Morgan fingerprint density at radius 2 is 2.13 bits per heavy atom. The molecule has 0 spiro atoms. The summed E-state index contributed by atoms with van der Waals surface area (Å²) in [5.41, 5.74) is 1.78. The largest absolute Gasteiger partial charge is 0.350 e. The minimum atomic E-state index is -0.241. The summed E-state index contributed by atoms with van der Waals surface area (Å²) in [6.45, 7) is 0.292. The molecule has 0 saturated carbocycles. The summed E-state index contributed by atoms with van der Waals surface area (Å²) in [7, 11) is 0. The van der Waals surface area contributed by atoms with Gasteiger partial charge in [0.15, 0.2) is 5.65 Å². The van der Waals surface area contributed by atoms with E-state index in [4.69, 9.17) is 11.6 Å². The Labute approximate surface area is 139 Å². The van der Waals surface area contributed by atoms with Crippen molar-refractivity contribution in [2.24, 2.45) is 0 Å². The lowest BCUT2D eigenvalue weighted by Crippen LogP contribution is -2.21. The van der Waals surface area contributed by atoms with E-state index in [2.05, 4.69) is 15.1 Å². The van der Waals surface area contributed by atoms with Gasteiger partial charge < -0.3 is 0 Å². The summed E-state index contributed by atoms with van der Waals surface area (Å²) < 4.78 is 2.78. The number of nitrogens with zero attached hydrogens (tertiary/aromatic N) is 5. The number of halogens is 1. The SMILES string of the molecule is O=c1n(Cc2csc(-c3ccccn3)n2)nc2c(Cl)cccn12. The maximum absolute atomic E-state index is 12.3. The van der Waals surface area contributed by atoms with Crippen LogP contribution in [0, 0.1) is 0 Å². The topological polar surface area (TPSA) is 65.1 Å². The molecule has 0 aliphatic carbocycles. The zero-order valence-corrected chi connectivity index (χ0v) is 13.3. The normalized spacial score (nSPS) is 11.2. The lowest BCUT2D eigenvalue weighted by Gasteiger charge is -1.95. The van der Waals surface area contributed by atoms with Crippen molar-refractivity contribution in [2.75, 3.05) is 0 Å². The third-order valence-electron chi connectivity index (χ3n) is 3.31. The van der Waals surface area contributed by atoms with Crippen LogP contribution in [0.5, 0.6) is 0 Å². The van der Waals surface area contributed by atoms with Crippen LogP contribution in [0.3, 0.4) is 0 Å². The number of aromatic nitrogens is 5. The summed E-state index contributed by atoms with van der Waals surface area (Å²) in [6, 6.07) is 9.09. The second kappa shape index (κ2) is 5.60. The molecule has 4 aromatic heterocycles. The van der Waals surface area contributed by atoms with Gasteiger partial charge in [-0.15, -0.1) is 16.4 Å². The second-order valence-electron chi connectivity index (χ2n) is 4.85. The quantitative estimate of drug-likeness (QED) is 0.573. The molecule has 6 nitrogen and oxygen atoms in total. The van der Waals surface area contributed by atoms with Crippen molar-refractivity contribution >= 4 is 28.6 Å². The highest BCUT2D eigenvalue weighted by Gasteiger charge is 2.12. The van der Waals surface area contributed by atoms with Gasteiger partial charge in [-0.3, -0.25) is 4.98 Å². The fraction of sp³-hybridized carbons (Fsp3) is 0.0667. The van der Waals surface area contributed by atoms with E-state index < -0.39 is 0 Å². The molecular formula is C15H10ClN5OS. The number of hydrogen-bond acceptors (Lipinski definition) is 5. The Hall–Kier alpha value is -2.51. The van der Waals surface area contributed by atoms with Crippen molar-refractivity contribution in [1.82, 2.24) is 24.1 Å². The molecule has 4 aromatic rings. The van der Waals surface area contributed by atoms with Crippen molar-refractivity contribution < 1.29 is 0 Å². The summed E-state index contributed by atoms with van der Waals surface area (Å²) in [5.74, 6) is 0. The molecule has 0 bridgehead atoms. The fourth-order valence-electron chi connectivity index (χ4n) is 2.25. The van der Waals surface area contributed by atoms with E-state index in [1.54, 1.807) is 24.5 Å². The van der Waals surface area contributed by atoms with Crippen molar-refractivity contribution in [2.45, 2.75) is 6.54 Å². The molecule has 0 saturated heterocycles. The number of hydrogen-bond donors (Lipinski definition) is 0. The van der Waals surface area contributed by atoms with Crippen LogP contribution in [-0.4, -0.2) is 24.1 Å². The smallest absolute Gasteiger partial charge is 0.254 e. The number of fused-ring (bicyclic) bond motifs is 1. The van der Waals surface area contributed by atoms with Gasteiger partial charge in [0.1, 0.15) is 5.01 Å². The summed E-state index contributed by atoms with van der Waals surface area (Å²) in [5, 5.41) is 7.43. The maximum atomic E-state index is 12.3. The van der Waals surface area contributed by atoms with Gasteiger partial charge >= 0.3 is 5.69 Å². The number of rotatable bonds is 3. The molecule has 8 heteroatoms. The molecule has 0 atom stereocenters. The fourth-order valence-corrected chi connectivity index (χ4v) is 3.24. The lowest BCUT2D eigenvalue weighted by atomic mass is 10.4. The molecule has 0 radical (unpaired) electrons. The Bertz CT molecular complexity index is 1040. The van der Waals surface area contributed by atoms with Gasteiger partial charge in [0, 0.05) is 17.8 Å². The average molecular weight is 344 g/mol. The zero-order valence-electron chi connectivity index (χ0n) is 11.8. The first-order valence-electron chi connectivity index (χ1n) is 6.82. The zero-order chi connectivity index (χ0) is 15.8. The first-order valence-corrected chi connectivity index (χ1v) is 8.07. The van der Waals surface area contributed by atoms with Gasteiger partial charge in [0.05, 0.1) is 23.0 Å². The molecular weight excluding hydrogens is 334 g/mol. The first kappa shape index (κ1) is 14.1. The highest BCUT2D eigenvalue weighted by atomic mass is 35.5. The predicted molar refractivity (Wildman–Crippen MR) is 88.9 cm³/mol. The van der Waals surface area contributed by atoms with Crippen molar-refractivity contribution in [3.05, 3.63) is 69.3 Å².